The smallest absolute Gasteiger partial charge is 0.317 e. The molecule has 1 atom stereocenters. The number of hydrogen-bond donors (Lipinski definition) is 2. The van der Waals surface area contributed by atoms with Crippen LogP contribution in [0.2, 0.25) is 0 Å². The van der Waals surface area contributed by atoms with Crippen LogP contribution in [-0.2, 0) is 13.0 Å². The van der Waals surface area contributed by atoms with Gasteiger partial charge in [0.15, 0.2) is 0 Å². The Labute approximate surface area is 125 Å². The second-order valence-corrected chi connectivity index (χ2v) is 5.37. The van der Waals surface area contributed by atoms with Crippen LogP contribution in [0, 0.1) is 0 Å². The third kappa shape index (κ3) is 4.17. The number of aromatic nitrogens is 3. The zero-order valence-corrected chi connectivity index (χ0v) is 12.7. The van der Waals surface area contributed by atoms with Crippen LogP contribution in [0.1, 0.15) is 38.4 Å². The number of likely N-dealkylation sites (tertiary alicyclic amines) is 1. The number of aryl methyl sites for hydroxylation is 1. The summed E-state index contributed by atoms with van der Waals surface area (Å²) in [6.07, 6.45) is 6.21. The SMILES string of the molecule is CCn1cnnc1CCNC(=O)N1CCCC[C@@H]1CCO. The molecule has 0 aromatic carbocycles. The molecule has 0 aliphatic carbocycles. The molecule has 7 nitrogen and oxygen atoms in total. The van der Waals surface area contributed by atoms with Crippen molar-refractivity contribution >= 4 is 6.03 Å². The van der Waals surface area contributed by atoms with E-state index in [0.29, 0.717) is 19.4 Å². The summed E-state index contributed by atoms with van der Waals surface area (Å²) < 4.78 is 1.97. The van der Waals surface area contributed by atoms with Crippen LogP contribution in [0.25, 0.3) is 0 Å². The van der Waals surface area contributed by atoms with Gasteiger partial charge >= 0.3 is 6.03 Å². The highest BCUT2D eigenvalue weighted by Crippen LogP contribution is 2.19. The van der Waals surface area contributed by atoms with E-state index >= 15 is 0 Å². The normalized spacial score (nSPS) is 18.8. The Hall–Kier alpha value is -1.63. The van der Waals surface area contributed by atoms with Crippen molar-refractivity contribution in [2.75, 3.05) is 19.7 Å². The standard InChI is InChI=1S/C14H25N5O2/c1-2-18-11-16-17-13(18)6-8-15-14(21)19-9-4-3-5-12(19)7-10-20/h11-12,20H,2-10H2,1H3,(H,15,21)/t12-/m1/s1. The molecule has 0 bridgehead atoms. The van der Waals surface area contributed by atoms with Gasteiger partial charge in [-0.3, -0.25) is 0 Å². The minimum absolute atomic E-state index is 0.0317. The van der Waals surface area contributed by atoms with E-state index in [2.05, 4.69) is 15.5 Å². The maximum atomic E-state index is 12.3. The van der Waals surface area contributed by atoms with Crippen LogP contribution in [0.3, 0.4) is 0 Å². The summed E-state index contributed by atoms with van der Waals surface area (Å²) in [5, 5.41) is 20.0. The van der Waals surface area contributed by atoms with Gasteiger partial charge in [-0.1, -0.05) is 0 Å². The summed E-state index contributed by atoms with van der Waals surface area (Å²) >= 11 is 0. The minimum Gasteiger partial charge on any atom is -0.396 e. The molecular weight excluding hydrogens is 270 g/mol. The molecule has 21 heavy (non-hydrogen) atoms. The summed E-state index contributed by atoms with van der Waals surface area (Å²) in [7, 11) is 0. The van der Waals surface area contributed by atoms with Gasteiger partial charge in [-0.2, -0.15) is 0 Å². The average molecular weight is 295 g/mol. The van der Waals surface area contributed by atoms with E-state index in [1.54, 1.807) is 6.33 Å². The van der Waals surface area contributed by atoms with Crippen molar-refractivity contribution in [1.29, 1.82) is 0 Å². The summed E-state index contributed by atoms with van der Waals surface area (Å²) in [4.78, 5) is 14.1. The number of piperidine rings is 1. The number of nitrogens with zero attached hydrogens (tertiary/aromatic N) is 4. The molecule has 1 fully saturated rings. The molecule has 0 spiro atoms. The van der Waals surface area contributed by atoms with Crippen LogP contribution >= 0.6 is 0 Å². The van der Waals surface area contributed by atoms with E-state index in [1.807, 2.05) is 16.4 Å². The van der Waals surface area contributed by atoms with Crippen molar-refractivity contribution in [1.82, 2.24) is 25.0 Å². The zero-order chi connectivity index (χ0) is 15.1. The predicted octanol–water partition coefficient (Wildman–Crippen LogP) is 0.787. The lowest BCUT2D eigenvalue weighted by atomic mass is 10.0. The predicted molar refractivity (Wildman–Crippen MR) is 78.8 cm³/mol. The number of hydrogen-bond acceptors (Lipinski definition) is 4. The number of aliphatic hydroxyl groups is 1. The van der Waals surface area contributed by atoms with Gasteiger partial charge in [-0.05, 0) is 32.6 Å². The molecule has 2 amide bonds. The molecule has 7 heteroatoms. The summed E-state index contributed by atoms with van der Waals surface area (Å²) in [5.41, 5.74) is 0. The highest BCUT2D eigenvalue weighted by Gasteiger charge is 2.25. The number of carbonyl (C=O) groups excluding carboxylic acids is 1. The Morgan fingerprint density at radius 2 is 2.38 bits per heavy atom. The van der Waals surface area contributed by atoms with Gasteiger partial charge < -0.3 is 19.9 Å². The highest BCUT2D eigenvalue weighted by molar-refractivity contribution is 5.74. The lowest BCUT2D eigenvalue weighted by molar-refractivity contribution is 0.132. The molecule has 2 N–H and O–H groups in total. The molecule has 0 unspecified atom stereocenters. The van der Waals surface area contributed by atoms with E-state index in [1.165, 1.54) is 0 Å². The van der Waals surface area contributed by atoms with Crippen molar-refractivity contribution in [2.45, 2.75) is 51.6 Å². The zero-order valence-electron chi connectivity index (χ0n) is 12.7. The first-order valence-corrected chi connectivity index (χ1v) is 7.78. The van der Waals surface area contributed by atoms with Crippen LogP contribution in [0.4, 0.5) is 4.79 Å². The van der Waals surface area contributed by atoms with Gasteiger partial charge in [0.1, 0.15) is 12.2 Å². The fourth-order valence-corrected chi connectivity index (χ4v) is 2.84. The summed E-state index contributed by atoms with van der Waals surface area (Å²) in [6, 6.07) is 0.138. The topological polar surface area (TPSA) is 83.3 Å². The molecule has 118 valence electrons. The molecule has 0 saturated carbocycles. The fraction of sp³-hybridized carbons (Fsp3) is 0.786. The summed E-state index contributed by atoms with van der Waals surface area (Å²) in [6.45, 7) is 4.34. The van der Waals surface area contributed by atoms with E-state index in [-0.39, 0.29) is 18.7 Å². The van der Waals surface area contributed by atoms with Crippen molar-refractivity contribution in [2.24, 2.45) is 0 Å². The van der Waals surface area contributed by atoms with Gasteiger partial charge in [-0.25, -0.2) is 4.79 Å². The lowest BCUT2D eigenvalue weighted by Gasteiger charge is -2.35. The van der Waals surface area contributed by atoms with Crippen LogP contribution in [0.15, 0.2) is 6.33 Å². The first-order chi connectivity index (χ1) is 10.3. The van der Waals surface area contributed by atoms with E-state index < -0.39 is 0 Å². The largest absolute Gasteiger partial charge is 0.396 e. The molecule has 1 aromatic rings. The third-order valence-electron chi connectivity index (χ3n) is 4.01. The maximum absolute atomic E-state index is 12.3. The minimum atomic E-state index is -0.0317. The maximum Gasteiger partial charge on any atom is 0.317 e. The van der Waals surface area contributed by atoms with Gasteiger partial charge in [0.25, 0.3) is 0 Å². The molecule has 2 heterocycles. The number of urea groups is 1. The number of nitrogens with one attached hydrogen (secondary N) is 1. The van der Waals surface area contributed by atoms with Crippen LogP contribution in [-0.4, -0.2) is 56.5 Å². The Morgan fingerprint density at radius 1 is 1.52 bits per heavy atom. The molecule has 2 rings (SSSR count). The Kier molecular flexibility index (Phi) is 5.98. The molecule has 1 saturated heterocycles. The van der Waals surface area contributed by atoms with Gasteiger partial charge in [0.2, 0.25) is 0 Å². The summed E-state index contributed by atoms with van der Waals surface area (Å²) in [5.74, 6) is 0.892. The lowest BCUT2D eigenvalue weighted by Crippen LogP contribution is -2.49. The monoisotopic (exact) mass is 295 g/mol. The highest BCUT2D eigenvalue weighted by atomic mass is 16.3. The van der Waals surface area contributed by atoms with Gasteiger partial charge in [0, 0.05) is 38.7 Å². The Balaban J connectivity index is 1.80. The Morgan fingerprint density at radius 3 is 3.14 bits per heavy atom. The molecule has 1 aliphatic heterocycles. The van der Waals surface area contributed by atoms with Crippen molar-refractivity contribution in [3.63, 3.8) is 0 Å². The van der Waals surface area contributed by atoms with Gasteiger partial charge in [0.05, 0.1) is 0 Å². The number of rotatable bonds is 6. The van der Waals surface area contributed by atoms with E-state index in [9.17, 15) is 4.79 Å². The number of carbonyl (C=O) groups is 1. The van der Waals surface area contributed by atoms with Crippen molar-refractivity contribution in [3.8, 4) is 0 Å². The fourth-order valence-electron chi connectivity index (χ4n) is 2.84. The molecular formula is C14H25N5O2. The first-order valence-electron chi connectivity index (χ1n) is 7.78. The second-order valence-electron chi connectivity index (χ2n) is 5.37. The quantitative estimate of drug-likeness (QED) is 0.812. The first kappa shape index (κ1) is 15.8. The van der Waals surface area contributed by atoms with Crippen molar-refractivity contribution in [3.05, 3.63) is 12.2 Å². The second kappa shape index (κ2) is 7.97. The van der Waals surface area contributed by atoms with Gasteiger partial charge in [-0.15, -0.1) is 10.2 Å². The van der Waals surface area contributed by atoms with Crippen LogP contribution in [0.5, 0.6) is 0 Å². The molecule has 1 aromatic heterocycles. The number of aliphatic hydroxyl groups excluding tert-OH is 1. The van der Waals surface area contributed by atoms with Crippen molar-refractivity contribution < 1.29 is 9.90 Å². The third-order valence-corrected chi connectivity index (χ3v) is 4.01. The molecule has 0 radical (unpaired) electrons. The van der Waals surface area contributed by atoms with E-state index in [4.69, 9.17) is 5.11 Å². The molecule has 1 aliphatic rings. The van der Waals surface area contributed by atoms with E-state index in [0.717, 1.165) is 38.2 Å². The number of amides is 2. The average Bonchev–Trinajstić information content (AvgIpc) is 2.95. The van der Waals surface area contributed by atoms with Crippen LogP contribution < -0.4 is 5.32 Å². The Bertz CT molecular complexity index is 446.